The summed E-state index contributed by atoms with van der Waals surface area (Å²) in [5.74, 6) is 0. The molecule has 0 aliphatic carbocycles. The van der Waals surface area contributed by atoms with E-state index in [4.69, 9.17) is 5.26 Å². The highest BCUT2D eigenvalue weighted by Crippen LogP contribution is 2.14. The molecular weight excluding hydrogens is 222 g/mol. The Balaban J connectivity index is 1.73. The second-order valence-electron chi connectivity index (χ2n) is 4.97. The van der Waals surface area contributed by atoms with Gasteiger partial charge >= 0.3 is 0 Å². The second kappa shape index (κ2) is 6.42. The number of hydrogen-bond donors (Lipinski definition) is 1. The van der Waals surface area contributed by atoms with Gasteiger partial charge in [-0.3, -0.25) is 0 Å². The summed E-state index contributed by atoms with van der Waals surface area (Å²) >= 11 is 0. The minimum atomic E-state index is 0.762. The highest BCUT2D eigenvalue weighted by molar-refractivity contribution is 5.51. The van der Waals surface area contributed by atoms with Crippen LogP contribution in [0.25, 0.3) is 0 Å². The first kappa shape index (κ1) is 12.9. The number of rotatable bonds is 5. The van der Waals surface area contributed by atoms with Crippen LogP contribution < -0.4 is 5.32 Å². The van der Waals surface area contributed by atoms with Gasteiger partial charge in [0.15, 0.2) is 0 Å². The van der Waals surface area contributed by atoms with Crippen molar-refractivity contribution in [1.29, 1.82) is 5.26 Å². The molecule has 0 atom stereocenters. The molecule has 0 amide bonds. The van der Waals surface area contributed by atoms with Gasteiger partial charge < -0.3 is 10.2 Å². The van der Waals surface area contributed by atoms with Gasteiger partial charge in [0, 0.05) is 12.2 Å². The number of likely N-dealkylation sites (tertiary alicyclic amines) is 1. The van der Waals surface area contributed by atoms with Crippen LogP contribution in [-0.2, 0) is 0 Å². The molecule has 1 aliphatic heterocycles. The van der Waals surface area contributed by atoms with Crippen molar-refractivity contribution in [3.8, 4) is 6.07 Å². The van der Waals surface area contributed by atoms with Crippen molar-refractivity contribution in [3.05, 3.63) is 29.3 Å². The third-order valence-electron chi connectivity index (χ3n) is 3.53. The van der Waals surface area contributed by atoms with Crippen LogP contribution in [0.2, 0.25) is 0 Å². The van der Waals surface area contributed by atoms with Gasteiger partial charge in [0.1, 0.15) is 0 Å². The SMILES string of the molecule is Cc1cc(NCCCN2CCCC2)ccc1C#N. The van der Waals surface area contributed by atoms with E-state index in [0.29, 0.717) is 0 Å². The Morgan fingerprint density at radius 3 is 2.78 bits per heavy atom. The molecule has 2 rings (SSSR count). The predicted molar refractivity (Wildman–Crippen MR) is 74.7 cm³/mol. The molecular formula is C15H21N3. The lowest BCUT2D eigenvalue weighted by Crippen LogP contribution is -2.22. The zero-order valence-corrected chi connectivity index (χ0v) is 11.1. The zero-order valence-electron chi connectivity index (χ0n) is 11.1. The Morgan fingerprint density at radius 1 is 1.33 bits per heavy atom. The van der Waals surface area contributed by atoms with Crippen molar-refractivity contribution < 1.29 is 0 Å². The van der Waals surface area contributed by atoms with E-state index in [2.05, 4.69) is 22.4 Å². The number of aryl methyl sites for hydroxylation is 1. The van der Waals surface area contributed by atoms with Crippen molar-refractivity contribution in [2.75, 3.05) is 31.5 Å². The van der Waals surface area contributed by atoms with Crippen LogP contribution in [-0.4, -0.2) is 31.1 Å². The number of hydrogen-bond acceptors (Lipinski definition) is 3. The zero-order chi connectivity index (χ0) is 12.8. The number of nitrogens with one attached hydrogen (secondary N) is 1. The fourth-order valence-electron chi connectivity index (χ4n) is 2.44. The lowest BCUT2D eigenvalue weighted by molar-refractivity contribution is 0.337. The van der Waals surface area contributed by atoms with Gasteiger partial charge in [-0.25, -0.2) is 0 Å². The summed E-state index contributed by atoms with van der Waals surface area (Å²) < 4.78 is 0. The van der Waals surface area contributed by atoms with Gasteiger partial charge in [-0.2, -0.15) is 5.26 Å². The van der Waals surface area contributed by atoms with Crippen LogP contribution >= 0.6 is 0 Å². The van der Waals surface area contributed by atoms with Gasteiger partial charge in [0.05, 0.1) is 11.6 Å². The number of nitriles is 1. The molecule has 0 spiro atoms. The smallest absolute Gasteiger partial charge is 0.0994 e. The molecule has 1 heterocycles. The molecule has 0 bridgehead atoms. The highest BCUT2D eigenvalue weighted by Gasteiger charge is 2.09. The molecule has 3 heteroatoms. The van der Waals surface area contributed by atoms with Crippen molar-refractivity contribution in [2.45, 2.75) is 26.2 Å². The van der Waals surface area contributed by atoms with Crippen LogP contribution in [0, 0.1) is 18.3 Å². The van der Waals surface area contributed by atoms with Crippen LogP contribution in [0.15, 0.2) is 18.2 Å². The predicted octanol–water partition coefficient (Wildman–Crippen LogP) is 2.76. The van der Waals surface area contributed by atoms with E-state index < -0.39 is 0 Å². The van der Waals surface area contributed by atoms with Crippen LogP contribution in [0.5, 0.6) is 0 Å². The van der Waals surface area contributed by atoms with Crippen molar-refractivity contribution in [2.24, 2.45) is 0 Å². The molecule has 0 radical (unpaired) electrons. The molecule has 0 saturated carbocycles. The van der Waals surface area contributed by atoms with Crippen LogP contribution in [0.1, 0.15) is 30.4 Å². The molecule has 0 unspecified atom stereocenters. The van der Waals surface area contributed by atoms with E-state index in [1.54, 1.807) is 0 Å². The Bertz CT molecular complexity index is 428. The molecule has 1 N–H and O–H groups in total. The molecule has 18 heavy (non-hydrogen) atoms. The van der Waals surface area contributed by atoms with E-state index in [0.717, 1.165) is 23.4 Å². The molecule has 1 aromatic rings. The Morgan fingerprint density at radius 2 is 2.11 bits per heavy atom. The average molecular weight is 243 g/mol. The Labute approximate surface area is 109 Å². The van der Waals surface area contributed by atoms with Gasteiger partial charge in [-0.15, -0.1) is 0 Å². The third-order valence-corrected chi connectivity index (χ3v) is 3.53. The normalized spacial score (nSPS) is 15.6. The maximum atomic E-state index is 8.87. The van der Waals surface area contributed by atoms with Crippen LogP contribution in [0.4, 0.5) is 5.69 Å². The van der Waals surface area contributed by atoms with Gasteiger partial charge in [0.25, 0.3) is 0 Å². The number of anilines is 1. The van der Waals surface area contributed by atoms with Gasteiger partial charge in [-0.1, -0.05) is 0 Å². The highest BCUT2D eigenvalue weighted by atomic mass is 15.1. The maximum absolute atomic E-state index is 8.87. The summed E-state index contributed by atoms with van der Waals surface area (Å²) in [7, 11) is 0. The van der Waals surface area contributed by atoms with E-state index in [-0.39, 0.29) is 0 Å². The summed E-state index contributed by atoms with van der Waals surface area (Å²) in [6, 6.07) is 8.12. The number of benzene rings is 1. The Kier molecular flexibility index (Phi) is 4.60. The van der Waals surface area contributed by atoms with Crippen molar-refractivity contribution in [3.63, 3.8) is 0 Å². The van der Waals surface area contributed by atoms with E-state index >= 15 is 0 Å². The van der Waals surface area contributed by atoms with Crippen molar-refractivity contribution >= 4 is 5.69 Å². The second-order valence-corrected chi connectivity index (χ2v) is 4.97. The first-order valence-corrected chi connectivity index (χ1v) is 6.76. The van der Waals surface area contributed by atoms with Crippen molar-refractivity contribution in [1.82, 2.24) is 4.90 Å². The topological polar surface area (TPSA) is 39.1 Å². The number of nitrogens with zero attached hydrogens (tertiary/aromatic N) is 2. The molecule has 1 fully saturated rings. The molecule has 1 aromatic carbocycles. The summed E-state index contributed by atoms with van der Waals surface area (Å²) in [5.41, 5.74) is 2.92. The lowest BCUT2D eigenvalue weighted by Gasteiger charge is -2.14. The summed E-state index contributed by atoms with van der Waals surface area (Å²) in [6.45, 7) is 6.73. The van der Waals surface area contributed by atoms with E-state index in [1.807, 2.05) is 19.1 Å². The fraction of sp³-hybridized carbons (Fsp3) is 0.533. The summed E-state index contributed by atoms with van der Waals surface area (Å²) in [6.07, 6.45) is 3.91. The first-order valence-electron chi connectivity index (χ1n) is 6.76. The Hall–Kier alpha value is -1.53. The molecule has 96 valence electrons. The minimum absolute atomic E-state index is 0.762. The quantitative estimate of drug-likeness (QED) is 0.808. The minimum Gasteiger partial charge on any atom is -0.385 e. The third kappa shape index (κ3) is 3.48. The molecule has 0 aromatic heterocycles. The van der Waals surface area contributed by atoms with Gasteiger partial charge in [-0.05, 0) is 69.6 Å². The maximum Gasteiger partial charge on any atom is 0.0994 e. The summed E-state index contributed by atoms with van der Waals surface area (Å²) in [4.78, 5) is 2.53. The first-order chi connectivity index (χ1) is 8.79. The average Bonchev–Trinajstić information content (AvgIpc) is 2.88. The largest absolute Gasteiger partial charge is 0.385 e. The lowest BCUT2D eigenvalue weighted by atomic mass is 10.1. The standard InChI is InChI=1S/C15H21N3/c1-13-11-15(6-5-14(13)12-16)17-7-4-10-18-8-2-3-9-18/h5-6,11,17H,2-4,7-10H2,1H3. The molecule has 1 saturated heterocycles. The van der Waals surface area contributed by atoms with E-state index in [9.17, 15) is 0 Å². The van der Waals surface area contributed by atoms with Gasteiger partial charge in [0.2, 0.25) is 0 Å². The van der Waals surface area contributed by atoms with E-state index in [1.165, 1.54) is 38.9 Å². The summed E-state index contributed by atoms with van der Waals surface area (Å²) in [5, 5.41) is 12.3. The fourth-order valence-corrected chi connectivity index (χ4v) is 2.44. The molecule has 1 aliphatic rings. The monoisotopic (exact) mass is 243 g/mol. The molecule has 3 nitrogen and oxygen atoms in total. The van der Waals surface area contributed by atoms with Crippen LogP contribution in [0.3, 0.4) is 0 Å².